The van der Waals surface area contributed by atoms with Crippen LogP contribution in [0.3, 0.4) is 0 Å². The van der Waals surface area contributed by atoms with Crippen molar-refractivity contribution in [1.82, 2.24) is 4.90 Å². The van der Waals surface area contributed by atoms with Crippen molar-refractivity contribution in [3.8, 4) is 6.07 Å². The largest absolute Gasteiger partial charge is 0.343 e. The second-order valence-corrected chi connectivity index (χ2v) is 6.52. The zero-order valence-corrected chi connectivity index (χ0v) is 13.5. The summed E-state index contributed by atoms with van der Waals surface area (Å²) >= 11 is 0. The van der Waals surface area contributed by atoms with Gasteiger partial charge in [-0.15, -0.1) is 0 Å². The van der Waals surface area contributed by atoms with Crippen LogP contribution >= 0.6 is 0 Å². The molecule has 1 fully saturated rings. The molecule has 2 aromatic rings. The minimum Gasteiger partial charge on any atom is -0.343 e. The van der Waals surface area contributed by atoms with Crippen molar-refractivity contribution in [3.63, 3.8) is 0 Å². The van der Waals surface area contributed by atoms with Crippen LogP contribution in [0.4, 0.5) is 0 Å². The molecule has 1 atom stereocenters. The Morgan fingerprint density at radius 2 is 1.91 bits per heavy atom. The van der Waals surface area contributed by atoms with Crippen molar-refractivity contribution in [2.45, 2.75) is 32.1 Å². The molecule has 1 aliphatic rings. The Balaban J connectivity index is 1.80. The van der Waals surface area contributed by atoms with E-state index in [0.29, 0.717) is 5.92 Å². The van der Waals surface area contributed by atoms with E-state index in [0.717, 1.165) is 42.3 Å². The van der Waals surface area contributed by atoms with Crippen molar-refractivity contribution in [1.29, 1.82) is 5.26 Å². The fraction of sp³-hybridized carbons (Fsp3) is 0.400. The first-order chi connectivity index (χ1) is 11.2. The molecule has 1 amide bonds. The standard InChI is InChI=1S/C20H22N2O/c1-15-9-11-22(12-10-15)20(23)13-17(14-21)19-8-4-6-16-5-2-3-7-18(16)19/h2-8,15,17H,9-13H2,1H3. The number of nitriles is 1. The number of rotatable bonds is 3. The summed E-state index contributed by atoms with van der Waals surface area (Å²) in [5, 5.41) is 11.8. The fourth-order valence-electron chi connectivity index (χ4n) is 3.34. The molecule has 0 bridgehead atoms. The van der Waals surface area contributed by atoms with Crippen molar-refractivity contribution in [3.05, 3.63) is 48.0 Å². The van der Waals surface area contributed by atoms with E-state index in [1.54, 1.807) is 0 Å². The van der Waals surface area contributed by atoms with E-state index in [1.165, 1.54) is 0 Å². The summed E-state index contributed by atoms with van der Waals surface area (Å²) in [5.74, 6) is 0.424. The van der Waals surface area contributed by atoms with Crippen LogP contribution in [-0.2, 0) is 4.79 Å². The first-order valence-corrected chi connectivity index (χ1v) is 8.34. The van der Waals surface area contributed by atoms with Crippen molar-refractivity contribution in [2.24, 2.45) is 5.92 Å². The number of benzene rings is 2. The van der Waals surface area contributed by atoms with Gasteiger partial charge in [-0.25, -0.2) is 0 Å². The Labute approximate surface area is 137 Å². The monoisotopic (exact) mass is 306 g/mol. The lowest BCUT2D eigenvalue weighted by Crippen LogP contribution is -2.38. The predicted molar refractivity (Wildman–Crippen MR) is 91.9 cm³/mol. The Hall–Kier alpha value is -2.34. The lowest BCUT2D eigenvalue weighted by atomic mass is 9.91. The van der Waals surface area contributed by atoms with Crippen LogP contribution in [0.25, 0.3) is 10.8 Å². The molecule has 3 rings (SSSR count). The highest BCUT2D eigenvalue weighted by Gasteiger charge is 2.24. The molecule has 0 spiro atoms. The highest BCUT2D eigenvalue weighted by Crippen LogP contribution is 2.28. The second kappa shape index (κ2) is 6.83. The van der Waals surface area contributed by atoms with Gasteiger partial charge in [-0.2, -0.15) is 5.26 Å². The number of likely N-dealkylation sites (tertiary alicyclic amines) is 1. The summed E-state index contributed by atoms with van der Waals surface area (Å²) in [6.07, 6.45) is 2.41. The highest BCUT2D eigenvalue weighted by atomic mass is 16.2. The predicted octanol–water partition coefficient (Wildman–Crippen LogP) is 4.10. The maximum atomic E-state index is 12.6. The van der Waals surface area contributed by atoms with E-state index < -0.39 is 0 Å². The zero-order valence-electron chi connectivity index (χ0n) is 13.5. The minimum atomic E-state index is -0.382. The summed E-state index contributed by atoms with van der Waals surface area (Å²) in [4.78, 5) is 14.5. The van der Waals surface area contributed by atoms with Gasteiger partial charge in [-0.1, -0.05) is 49.4 Å². The lowest BCUT2D eigenvalue weighted by molar-refractivity contribution is -0.132. The summed E-state index contributed by atoms with van der Waals surface area (Å²) in [6, 6.07) is 16.4. The van der Waals surface area contributed by atoms with E-state index in [1.807, 2.05) is 47.4 Å². The number of carbonyl (C=O) groups excluding carboxylic acids is 1. The molecular formula is C20H22N2O. The van der Waals surface area contributed by atoms with Crippen LogP contribution in [0.5, 0.6) is 0 Å². The third-order valence-corrected chi connectivity index (χ3v) is 4.87. The van der Waals surface area contributed by atoms with Gasteiger partial charge in [0.25, 0.3) is 0 Å². The Bertz CT molecular complexity index is 733. The molecule has 3 heteroatoms. The first-order valence-electron chi connectivity index (χ1n) is 8.34. The number of amides is 1. The Morgan fingerprint density at radius 1 is 1.22 bits per heavy atom. The van der Waals surface area contributed by atoms with Crippen LogP contribution in [0.1, 0.15) is 37.7 Å². The van der Waals surface area contributed by atoms with Crippen molar-refractivity contribution < 1.29 is 4.79 Å². The van der Waals surface area contributed by atoms with Gasteiger partial charge >= 0.3 is 0 Å². The third kappa shape index (κ3) is 3.37. The molecule has 0 saturated carbocycles. The van der Waals surface area contributed by atoms with Crippen LogP contribution < -0.4 is 0 Å². The van der Waals surface area contributed by atoms with Gasteiger partial charge in [-0.3, -0.25) is 4.79 Å². The number of carbonyl (C=O) groups is 1. The molecule has 0 aromatic heterocycles. The van der Waals surface area contributed by atoms with Gasteiger partial charge in [0.2, 0.25) is 5.91 Å². The van der Waals surface area contributed by atoms with Gasteiger partial charge in [0, 0.05) is 19.5 Å². The van der Waals surface area contributed by atoms with Gasteiger partial charge in [0.15, 0.2) is 0 Å². The molecule has 0 radical (unpaired) electrons. The van der Waals surface area contributed by atoms with E-state index in [2.05, 4.69) is 13.0 Å². The number of nitrogens with zero attached hydrogens (tertiary/aromatic N) is 2. The van der Waals surface area contributed by atoms with E-state index in [4.69, 9.17) is 0 Å². The van der Waals surface area contributed by atoms with Gasteiger partial charge in [0.1, 0.15) is 0 Å². The molecule has 2 aromatic carbocycles. The quantitative estimate of drug-likeness (QED) is 0.857. The summed E-state index contributed by atoms with van der Waals surface area (Å²) in [5.41, 5.74) is 0.962. The van der Waals surface area contributed by atoms with Gasteiger partial charge < -0.3 is 4.90 Å². The van der Waals surface area contributed by atoms with E-state index in [9.17, 15) is 10.1 Å². The lowest BCUT2D eigenvalue weighted by Gasteiger charge is -2.31. The molecule has 1 aliphatic heterocycles. The Morgan fingerprint density at radius 3 is 2.65 bits per heavy atom. The van der Waals surface area contributed by atoms with Crippen LogP contribution in [-0.4, -0.2) is 23.9 Å². The smallest absolute Gasteiger partial charge is 0.224 e. The molecule has 1 heterocycles. The average molecular weight is 306 g/mol. The zero-order chi connectivity index (χ0) is 16.2. The molecule has 1 saturated heterocycles. The average Bonchev–Trinajstić information content (AvgIpc) is 2.59. The third-order valence-electron chi connectivity index (χ3n) is 4.87. The number of piperidine rings is 1. The second-order valence-electron chi connectivity index (χ2n) is 6.52. The number of hydrogen-bond donors (Lipinski definition) is 0. The summed E-state index contributed by atoms with van der Waals surface area (Å²) in [6.45, 7) is 3.89. The van der Waals surface area contributed by atoms with Gasteiger partial charge in [-0.05, 0) is 35.1 Å². The van der Waals surface area contributed by atoms with Crippen molar-refractivity contribution in [2.75, 3.05) is 13.1 Å². The summed E-state index contributed by atoms with van der Waals surface area (Å²) < 4.78 is 0. The molecule has 0 N–H and O–H groups in total. The molecule has 118 valence electrons. The van der Waals surface area contributed by atoms with Crippen molar-refractivity contribution >= 4 is 16.7 Å². The molecule has 1 unspecified atom stereocenters. The molecule has 3 nitrogen and oxygen atoms in total. The van der Waals surface area contributed by atoms with Crippen LogP contribution in [0, 0.1) is 17.2 Å². The molecular weight excluding hydrogens is 284 g/mol. The first kappa shape index (κ1) is 15.6. The topological polar surface area (TPSA) is 44.1 Å². The van der Waals surface area contributed by atoms with E-state index in [-0.39, 0.29) is 18.2 Å². The maximum absolute atomic E-state index is 12.6. The van der Waals surface area contributed by atoms with E-state index >= 15 is 0 Å². The normalized spacial score (nSPS) is 17.0. The fourth-order valence-corrected chi connectivity index (χ4v) is 3.34. The molecule has 0 aliphatic carbocycles. The molecule has 23 heavy (non-hydrogen) atoms. The van der Waals surface area contributed by atoms with Crippen LogP contribution in [0.15, 0.2) is 42.5 Å². The highest BCUT2D eigenvalue weighted by molar-refractivity contribution is 5.87. The maximum Gasteiger partial charge on any atom is 0.224 e. The van der Waals surface area contributed by atoms with Gasteiger partial charge in [0.05, 0.1) is 12.0 Å². The van der Waals surface area contributed by atoms with Crippen LogP contribution in [0.2, 0.25) is 0 Å². The number of hydrogen-bond acceptors (Lipinski definition) is 2. The summed E-state index contributed by atoms with van der Waals surface area (Å²) in [7, 11) is 0. The Kier molecular flexibility index (Phi) is 4.62. The number of fused-ring (bicyclic) bond motifs is 1. The minimum absolute atomic E-state index is 0.108. The SMILES string of the molecule is CC1CCN(C(=O)CC(C#N)c2cccc3ccccc23)CC1.